The maximum Gasteiger partial charge on any atom is 0.257 e. The second-order valence-electron chi connectivity index (χ2n) is 5.09. The third-order valence-electron chi connectivity index (χ3n) is 2.88. The van der Waals surface area contributed by atoms with Crippen LogP contribution in [0.2, 0.25) is 0 Å². The number of aromatic nitrogens is 2. The Morgan fingerprint density at radius 3 is 2.73 bits per heavy atom. The van der Waals surface area contributed by atoms with Gasteiger partial charge in [0.25, 0.3) is 5.88 Å². The molecule has 0 atom stereocenters. The molecule has 0 saturated heterocycles. The highest BCUT2D eigenvalue weighted by molar-refractivity contribution is 5.45. The monoisotopic (exact) mass is 305 g/mol. The zero-order valence-electron chi connectivity index (χ0n) is 13.0. The number of methoxy groups -OCH3 is 1. The Bertz CT molecular complexity index is 620. The molecule has 2 aromatic rings. The standard InChI is InChI=1S/C16H20FN3O2/c1-11(2)22-16-15(18-6-7-19-16)20-9-12-4-5-14(17)13(8-12)10-21-3/h4-8,11H,9-10H2,1-3H3,(H,18,20). The second-order valence-corrected chi connectivity index (χ2v) is 5.09. The van der Waals surface area contributed by atoms with Gasteiger partial charge in [0.2, 0.25) is 0 Å². The molecule has 0 bridgehead atoms. The molecule has 0 amide bonds. The lowest BCUT2D eigenvalue weighted by Crippen LogP contribution is -2.11. The summed E-state index contributed by atoms with van der Waals surface area (Å²) < 4.78 is 24.2. The lowest BCUT2D eigenvalue weighted by atomic mass is 10.1. The van der Waals surface area contributed by atoms with Crippen molar-refractivity contribution in [2.45, 2.75) is 33.1 Å². The van der Waals surface area contributed by atoms with E-state index in [1.807, 2.05) is 13.8 Å². The number of benzene rings is 1. The van der Waals surface area contributed by atoms with Gasteiger partial charge in [0, 0.05) is 31.6 Å². The first kappa shape index (κ1) is 16.2. The van der Waals surface area contributed by atoms with Crippen LogP contribution < -0.4 is 10.1 Å². The van der Waals surface area contributed by atoms with Crippen LogP contribution in [-0.2, 0) is 17.9 Å². The Labute approximate surface area is 129 Å². The van der Waals surface area contributed by atoms with Gasteiger partial charge >= 0.3 is 0 Å². The molecule has 5 nitrogen and oxygen atoms in total. The van der Waals surface area contributed by atoms with E-state index in [0.717, 1.165) is 5.56 Å². The summed E-state index contributed by atoms with van der Waals surface area (Å²) in [6.45, 7) is 4.58. The Kier molecular flexibility index (Phi) is 5.66. The van der Waals surface area contributed by atoms with Crippen LogP contribution >= 0.6 is 0 Å². The summed E-state index contributed by atoms with van der Waals surface area (Å²) in [7, 11) is 1.54. The van der Waals surface area contributed by atoms with Gasteiger partial charge in [-0.25, -0.2) is 14.4 Å². The fourth-order valence-electron chi connectivity index (χ4n) is 1.95. The van der Waals surface area contributed by atoms with Gasteiger partial charge in [-0.1, -0.05) is 6.07 Å². The molecule has 2 rings (SSSR count). The quantitative estimate of drug-likeness (QED) is 0.851. The van der Waals surface area contributed by atoms with Crippen molar-refractivity contribution in [2.75, 3.05) is 12.4 Å². The van der Waals surface area contributed by atoms with Gasteiger partial charge in [-0.3, -0.25) is 0 Å². The normalized spacial score (nSPS) is 10.8. The molecule has 0 radical (unpaired) electrons. The predicted molar refractivity (Wildman–Crippen MR) is 82.2 cm³/mol. The van der Waals surface area contributed by atoms with Crippen molar-refractivity contribution in [3.63, 3.8) is 0 Å². The van der Waals surface area contributed by atoms with Crippen LogP contribution in [-0.4, -0.2) is 23.2 Å². The second kappa shape index (κ2) is 7.70. The number of anilines is 1. The largest absolute Gasteiger partial charge is 0.472 e. The third kappa shape index (κ3) is 4.39. The maximum absolute atomic E-state index is 13.6. The summed E-state index contributed by atoms with van der Waals surface area (Å²) in [4.78, 5) is 8.39. The van der Waals surface area contributed by atoms with Crippen molar-refractivity contribution in [3.05, 3.63) is 47.5 Å². The molecule has 118 valence electrons. The number of halogens is 1. The highest BCUT2D eigenvalue weighted by Gasteiger charge is 2.09. The molecule has 0 aliphatic rings. The van der Waals surface area contributed by atoms with Crippen LogP contribution in [0.1, 0.15) is 25.0 Å². The van der Waals surface area contributed by atoms with Crippen molar-refractivity contribution in [1.82, 2.24) is 9.97 Å². The van der Waals surface area contributed by atoms with Crippen molar-refractivity contribution in [2.24, 2.45) is 0 Å². The summed E-state index contributed by atoms with van der Waals surface area (Å²) >= 11 is 0. The summed E-state index contributed by atoms with van der Waals surface area (Å²) in [5.74, 6) is 0.750. The number of hydrogen-bond donors (Lipinski definition) is 1. The van der Waals surface area contributed by atoms with E-state index in [1.165, 1.54) is 6.07 Å². The molecule has 1 aromatic carbocycles. The molecule has 0 spiro atoms. The number of hydrogen-bond acceptors (Lipinski definition) is 5. The first-order valence-electron chi connectivity index (χ1n) is 7.08. The molecule has 0 aliphatic heterocycles. The van der Waals surface area contributed by atoms with Crippen LogP contribution in [0.25, 0.3) is 0 Å². The lowest BCUT2D eigenvalue weighted by Gasteiger charge is -2.13. The summed E-state index contributed by atoms with van der Waals surface area (Å²) in [6, 6.07) is 4.93. The molecule has 1 N–H and O–H groups in total. The summed E-state index contributed by atoms with van der Waals surface area (Å²) in [5, 5.41) is 3.16. The molecule has 0 aliphatic carbocycles. The zero-order valence-corrected chi connectivity index (χ0v) is 13.0. The topological polar surface area (TPSA) is 56.3 Å². The summed E-state index contributed by atoms with van der Waals surface area (Å²) in [6.07, 6.45) is 3.19. The van der Waals surface area contributed by atoms with E-state index in [0.29, 0.717) is 23.8 Å². The van der Waals surface area contributed by atoms with E-state index >= 15 is 0 Å². The Hall–Kier alpha value is -2.21. The van der Waals surface area contributed by atoms with E-state index in [1.54, 1.807) is 31.6 Å². The van der Waals surface area contributed by atoms with Crippen LogP contribution in [0.5, 0.6) is 5.88 Å². The van der Waals surface area contributed by atoms with E-state index in [-0.39, 0.29) is 18.5 Å². The van der Waals surface area contributed by atoms with Gasteiger partial charge in [-0.05, 0) is 31.5 Å². The number of ether oxygens (including phenoxy) is 2. The van der Waals surface area contributed by atoms with Crippen LogP contribution in [0.15, 0.2) is 30.6 Å². The van der Waals surface area contributed by atoms with Crippen molar-refractivity contribution in [3.8, 4) is 5.88 Å². The minimum atomic E-state index is -0.270. The Morgan fingerprint density at radius 1 is 1.23 bits per heavy atom. The van der Waals surface area contributed by atoms with Gasteiger partial charge in [-0.15, -0.1) is 0 Å². The molecular formula is C16H20FN3O2. The maximum atomic E-state index is 13.6. The first-order valence-corrected chi connectivity index (χ1v) is 7.08. The molecule has 0 unspecified atom stereocenters. The number of nitrogens with zero attached hydrogens (tertiary/aromatic N) is 2. The van der Waals surface area contributed by atoms with Gasteiger partial charge in [0.15, 0.2) is 5.82 Å². The molecular weight excluding hydrogens is 285 g/mol. The van der Waals surface area contributed by atoms with E-state index < -0.39 is 0 Å². The first-order chi connectivity index (χ1) is 10.6. The summed E-state index contributed by atoms with van der Waals surface area (Å²) in [5.41, 5.74) is 1.45. The average Bonchev–Trinajstić information content (AvgIpc) is 2.49. The van der Waals surface area contributed by atoms with Crippen LogP contribution in [0, 0.1) is 5.82 Å². The van der Waals surface area contributed by atoms with Crippen molar-refractivity contribution in [1.29, 1.82) is 0 Å². The van der Waals surface area contributed by atoms with Gasteiger partial charge in [0.05, 0.1) is 12.7 Å². The fraction of sp³-hybridized carbons (Fsp3) is 0.375. The van der Waals surface area contributed by atoms with Crippen molar-refractivity contribution < 1.29 is 13.9 Å². The minimum Gasteiger partial charge on any atom is -0.472 e. The third-order valence-corrected chi connectivity index (χ3v) is 2.88. The van der Waals surface area contributed by atoms with E-state index in [2.05, 4.69) is 15.3 Å². The average molecular weight is 305 g/mol. The molecule has 1 aromatic heterocycles. The number of nitrogens with one attached hydrogen (secondary N) is 1. The zero-order chi connectivity index (χ0) is 15.9. The van der Waals surface area contributed by atoms with E-state index in [9.17, 15) is 4.39 Å². The molecule has 0 fully saturated rings. The molecule has 6 heteroatoms. The van der Waals surface area contributed by atoms with Gasteiger partial charge in [0.1, 0.15) is 5.82 Å². The number of rotatable bonds is 7. The SMILES string of the molecule is COCc1cc(CNc2nccnc2OC(C)C)ccc1F. The highest BCUT2D eigenvalue weighted by Crippen LogP contribution is 2.20. The molecule has 22 heavy (non-hydrogen) atoms. The van der Waals surface area contributed by atoms with Gasteiger partial charge in [-0.2, -0.15) is 0 Å². The fourth-order valence-corrected chi connectivity index (χ4v) is 1.95. The minimum absolute atomic E-state index is 0.0105. The smallest absolute Gasteiger partial charge is 0.257 e. The van der Waals surface area contributed by atoms with E-state index in [4.69, 9.17) is 9.47 Å². The van der Waals surface area contributed by atoms with Crippen molar-refractivity contribution >= 4 is 5.82 Å². The highest BCUT2D eigenvalue weighted by atomic mass is 19.1. The predicted octanol–water partition coefficient (Wildman–Crippen LogP) is 3.16. The Balaban J connectivity index is 2.08. The van der Waals surface area contributed by atoms with Crippen LogP contribution in [0.4, 0.5) is 10.2 Å². The molecule has 1 heterocycles. The van der Waals surface area contributed by atoms with Gasteiger partial charge < -0.3 is 14.8 Å². The lowest BCUT2D eigenvalue weighted by molar-refractivity contribution is 0.181. The molecule has 0 saturated carbocycles. The van der Waals surface area contributed by atoms with Crippen LogP contribution in [0.3, 0.4) is 0 Å². The Morgan fingerprint density at radius 2 is 2.00 bits per heavy atom.